The molecule has 0 amide bonds. The van der Waals surface area contributed by atoms with Crippen LogP contribution in [0.1, 0.15) is 30.0 Å². The normalized spacial score (nSPS) is 14.7. The summed E-state index contributed by atoms with van der Waals surface area (Å²) >= 11 is 1.59. The summed E-state index contributed by atoms with van der Waals surface area (Å²) in [6.45, 7) is 0. The van der Waals surface area contributed by atoms with Crippen LogP contribution in [0.25, 0.3) is 6.08 Å². The molecule has 0 aliphatic heterocycles. The molecule has 3 rings (SSSR count). The lowest BCUT2D eigenvalue weighted by Gasteiger charge is -2.03. The fourth-order valence-corrected chi connectivity index (χ4v) is 2.82. The highest BCUT2D eigenvalue weighted by Gasteiger charge is 2.27. The molecule has 0 saturated heterocycles. The Hall–Kier alpha value is -2.15. The smallest absolute Gasteiger partial charge is 0.328 e. The van der Waals surface area contributed by atoms with Gasteiger partial charge in [-0.2, -0.15) is 0 Å². The summed E-state index contributed by atoms with van der Waals surface area (Å²) in [6, 6.07) is 8.24. The topological polar surface area (TPSA) is 80.9 Å². The third-order valence-corrected chi connectivity index (χ3v) is 4.10. The van der Waals surface area contributed by atoms with Crippen LogP contribution >= 0.6 is 11.8 Å². The molecule has 1 saturated carbocycles. The molecular formula is C14H14N4O2S. The lowest BCUT2D eigenvalue weighted by molar-refractivity contribution is -0.131. The van der Waals surface area contributed by atoms with E-state index in [4.69, 9.17) is 5.11 Å². The van der Waals surface area contributed by atoms with Gasteiger partial charge in [0.1, 0.15) is 0 Å². The van der Waals surface area contributed by atoms with Crippen LogP contribution in [0.5, 0.6) is 0 Å². The van der Waals surface area contributed by atoms with Gasteiger partial charge in [-0.25, -0.2) is 9.48 Å². The predicted molar refractivity (Wildman–Crippen MR) is 78.8 cm³/mol. The first-order valence-corrected chi connectivity index (χ1v) is 7.61. The zero-order valence-corrected chi connectivity index (χ0v) is 12.0. The number of rotatable bonds is 6. The molecule has 1 fully saturated rings. The van der Waals surface area contributed by atoms with E-state index < -0.39 is 5.97 Å². The van der Waals surface area contributed by atoms with Crippen LogP contribution in [0.3, 0.4) is 0 Å². The SMILES string of the molecule is O=C(O)C=Cc1cccc(CSc2nnnn2C2CC2)c1. The van der Waals surface area contributed by atoms with E-state index in [9.17, 15) is 4.79 Å². The molecule has 0 unspecified atom stereocenters. The molecule has 0 radical (unpaired) electrons. The second-order valence-electron chi connectivity index (χ2n) is 4.84. The number of nitrogens with zero attached hydrogens (tertiary/aromatic N) is 4. The van der Waals surface area contributed by atoms with Gasteiger partial charge in [0.2, 0.25) is 5.16 Å². The zero-order chi connectivity index (χ0) is 14.7. The minimum absolute atomic E-state index is 0.465. The second kappa shape index (κ2) is 6.09. The van der Waals surface area contributed by atoms with Crippen LogP contribution in [0.4, 0.5) is 0 Å². The summed E-state index contributed by atoms with van der Waals surface area (Å²) in [5.74, 6) is -0.194. The van der Waals surface area contributed by atoms with Crippen LogP contribution in [-0.2, 0) is 10.5 Å². The maximum absolute atomic E-state index is 10.5. The summed E-state index contributed by atoms with van der Waals surface area (Å²) in [7, 11) is 0. The maximum Gasteiger partial charge on any atom is 0.328 e. The van der Waals surface area contributed by atoms with E-state index >= 15 is 0 Å². The molecule has 1 aromatic heterocycles. The number of benzene rings is 1. The summed E-state index contributed by atoms with van der Waals surface area (Å²) < 4.78 is 1.89. The van der Waals surface area contributed by atoms with Gasteiger partial charge >= 0.3 is 5.97 Å². The average Bonchev–Trinajstić information content (AvgIpc) is 3.22. The number of carboxylic acid groups (broad SMARTS) is 1. The van der Waals surface area contributed by atoms with Gasteiger partial charge in [-0.1, -0.05) is 36.0 Å². The van der Waals surface area contributed by atoms with Crippen molar-refractivity contribution in [3.8, 4) is 0 Å². The molecule has 0 atom stereocenters. The summed E-state index contributed by atoms with van der Waals surface area (Å²) in [5.41, 5.74) is 1.98. The molecule has 1 heterocycles. The number of tetrazole rings is 1. The highest BCUT2D eigenvalue weighted by Crippen LogP contribution is 2.36. The number of hydrogen-bond acceptors (Lipinski definition) is 5. The molecule has 0 bridgehead atoms. The lowest BCUT2D eigenvalue weighted by atomic mass is 10.1. The first-order valence-electron chi connectivity index (χ1n) is 6.63. The van der Waals surface area contributed by atoms with E-state index in [0.717, 1.165) is 41.0 Å². The van der Waals surface area contributed by atoms with E-state index in [1.165, 1.54) is 0 Å². The number of carboxylic acids is 1. The molecule has 1 aliphatic carbocycles. The van der Waals surface area contributed by atoms with Gasteiger partial charge in [-0.3, -0.25) is 0 Å². The largest absolute Gasteiger partial charge is 0.478 e. The van der Waals surface area contributed by atoms with Crippen molar-refractivity contribution >= 4 is 23.8 Å². The Balaban J connectivity index is 1.66. The van der Waals surface area contributed by atoms with Crippen LogP contribution in [0, 0.1) is 0 Å². The zero-order valence-electron chi connectivity index (χ0n) is 11.2. The Kier molecular flexibility index (Phi) is 4.01. The Bertz CT molecular complexity index is 679. The molecule has 1 aromatic carbocycles. The van der Waals surface area contributed by atoms with E-state index in [2.05, 4.69) is 15.5 Å². The number of thioether (sulfide) groups is 1. The molecule has 1 N–H and O–H groups in total. The van der Waals surface area contributed by atoms with Crippen molar-refractivity contribution in [3.63, 3.8) is 0 Å². The van der Waals surface area contributed by atoms with Crippen LogP contribution in [-0.4, -0.2) is 31.3 Å². The summed E-state index contributed by atoms with van der Waals surface area (Å²) in [6.07, 6.45) is 5.02. The van der Waals surface area contributed by atoms with Crippen molar-refractivity contribution in [2.45, 2.75) is 29.8 Å². The Morgan fingerprint density at radius 2 is 2.33 bits per heavy atom. The number of hydrogen-bond donors (Lipinski definition) is 1. The van der Waals surface area contributed by atoms with Gasteiger partial charge in [-0.05, 0) is 40.5 Å². The van der Waals surface area contributed by atoms with Crippen molar-refractivity contribution in [1.82, 2.24) is 20.2 Å². The highest BCUT2D eigenvalue weighted by molar-refractivity contribution is 7.98. The Morgan fingerprint density at radius 3 is 3.10 bits per heavy atom. The van der Waals surface area contributed by atoms with Crippen LogP contribution in [0.15, 0.2) is 35.5 Å². The quantitative estimate of drug-likeness (QED) is 0.652. The van der Waals surface area contributed by atoms with Crippen LogP contribution in [0.2, 0.25) is 0 Å². The first kappa shape index (κ1) is 13.8. The monoisotopic (exact) mass is 302 g/mol. The third kappa shape index (κ3) is 3.69. The number of aromatic nitrogens is 4. The standard InChI is InChI=1S/C14H14N4O2S/c19-13(20)7-4-10-2-1-3-11(8-10)9-21-14-15-16-17-18(14)12-5-6-12/h1-4,7-8,12H,5-6,9H2,(H,19,20). The van der Waals surface area contributed by atoms with Gasteiger partial charge in [0, 0.05) is 11.8 Å². The second-order valence-corrected chi connectivity index (χ2v) is 5.78. The fraction of sp³-hybridized carbons (Fsp3) is 0.286. The highest BCUT2D eigenvalue weighted by atomic mass is 32.2. The minimum Gasteiger partial charge on any atom is -0.478 e. The molecule has 108 valence electrons. The van der Waals surface area contributed by atoms with E-state index in [1.54, 1.807) is 17.8 Å². The van der Waals surface area contributed by atoms with Gasteiger partial charge in [0.05, 0.1) is 6.04 Å². The lowest BCUT2D eigenvalue weighted by Crippen LogP contribution is -1.98. The van der Waals surface area contributed by atoms with Gasteiger partial charge in [0.15, 0.2) is 0 Å². The molecule has 1 aliphatic rings. The third-order valence-electron chi connectivity index (χ3n) is 3.09. The predicted octanol–water partition coefficient (Wildman–Crippen LogP) is 2.40. The molecule has 0 spiro atoms. The van der Waals surface area contributed by atoms with Crippen molar-refractivity contribution in [2.24, 2.45) is 0 Å². The van der Waals surface area contributed by atoms with Gasteiger partial charge in [-0.15, -0.1) is 5.10 Å². The van der Waals surface area contributed by atoms with Crippen molar-refractivity contribution in [1.29, 1.82) is 0 Å². The van der Waals surface area contributed by atoms with Gasteiger partial charge in [0.25, 0.3) is 0 Å². The number of aliphatic carboxylic acids is 1. The fourth-order valence-electron chi connectivity index (χ4n) is 1.93. The van der Waals surface area contributed by atoms with Crippen molar-refractivity contribution in [2.75, 3.05) is 0 Å². The molecule has 6 nitrogen and oxygen atoms in total. The van der Waals surface area contributed by atoms with Crippen molar-refractivity contribution < 1.29 is 9.90 Å². The van der Waals surface area contributed by atoms with E-state index in [1.807, 2.05) is 28.9 Å². The minimum atomic E-state index is -0.946. The Morgan fingerprint density at radius 1 is 1.48 bits per heavy atom. The number of carbonyl (C=O) groups is 1. The van der Waals surface area contributed by atoms with Crippen molar-refractivity contribution in [3.05, 3.63) is 41.5 Å². The maximum atomic E-state index is 10.5. The Labute approximate surface area is 125 Å². The molecule has 2 aromatic rings. The molecule has 21 heavy (non-hydrogen) atoms. The molecular weight excluding hydrogens is 288 g/mol. The van der Waals surface area contributed by atoms with Crippen LogP contribution < -0.4 is 0 Å². The van der Waals surface area contributed by atoms with Gasteiger partial charge < -0.3 is 5.11 Å². The van der Waals surface area contributed by atoms with E-state index in [0.29, 0.717) is 6.04 Å². The van der Waals surface area contributed by atoms with E-state index in [-0.39, 0.29) is 0 Å². The first-order chi connectivity index (χ1) is 10.2. The molecule has 7 heteroatoms. The summed E-state index contributed by atoms with van der Waals surface area (Å²) in [4.78, 5) is 10.5. The average molecular weight is 302 g/mol. The summed E-state index contributed by atoms with van der Waals surface area (Å²) in [5, 5.41) is 21.3.